The van der Waals surface area contributed by atoms with Gasteiger partial charge in [0.1, 0.15) is 0 Å². The summed E-state index contributed by atoms with van der Waals surface area (Å²) < 4.78 is 82.4. The normalized spacial score (nSPS) is 15.3. The number of hydrogen-bond donors (Lipinski definition) is 6. The van der Waals surface area contributed by atoms with Gasteiger partial charge in [-0.25, -0.2) is 18.3 Å². The van der Waals surface area contributed by atoms with Gasteiger partial charge in [-0.3, -0.25) is 18.1 Å². The predicted octanol–water partition coefficient (Wildman–Crippen LogP) is 10.8. The molecule has 0 aliphatic rings. The molecule has 0 aromatic rings. The van der Waals surface area contributed by atoms with Crippen molar-refractivity contribution in [2.45, 2.75) is 182 Å². The SMILES string of the molecule is CCCCCCCCOP(=O)(O)OP(=O)(O)OCCCCCCCC.CCCCCCCCOP(=O)(O)OP(=O)(O)OCCCCCCCC.OCCO.[O]=[Ti]. The molecule has 56 heavy (non-hydrogen) atoms. The summed E-state index contributed by atoms with van der Waals surface area (Å²) in [6.45, 7) is 8.31. The number of phosphoric acid groups is 4. The topological polar surface area (TPSA) is 262 Å². The van der Waals surface area contributed by atoms with Gasteiger partial charge in [0, 0.05) is 0 Å². The molecule has 0 rings (SSSR count). The molecule has 0 radical (unpaired) electrons. The average molecular weight is 931 g/mol. The summed E-state index contributed by atoms with van der Waals surface area (Å²) in [6, 6.07) is 0. The van der Waals surface area contributed by atoms with Crippen LogP contribution in [-0.2, 0) is 68.7 Å². The molecule has 0 saturated carbocycles. The van der Waals surface area contributed by atoms with Gasteiger partial charge in [0.25, 0.3) is 0 Å². The maximum absolute atomic E-state index is 11.7. The first-order valence-corrected chi connectivity index (χ1v) is 26.9. The Kier molecular flexibility index (Phi) is 51.6. The second-order valence-corrected chi connectivity index (χ2v) is 19.0. The molecule has 0 spiro atoms. The van der Waals surface area contributed by atoms with Crippen molar-refractivity contribution in [1.82, 2.24) is 0 Å². The van der Waals surface area contributed by atoms with Crippen molar-refractivity contribution in [1.29, 1.82) is 0 Å². The third-order valence-corrected chi connectivity index (χ3v) is 12.9. The first-order valence-electron chi connectivity index (χ1n) is 20.3. The summed E-state index contributed by atoms with van der Waals surface area (Å²) in [5, 5.41) is 15.2. The van der Waals surface area contributed by atoms with Gasteiger partial charge in [-0.1, -0.05) is 156 Å². The third-order valence-electron chi connectivity index (χ3n) is 7.52. The van der Waals surface area contributed by atoms with Crippen molar-refractivity contribution in [3.05, 3.63) is 0 Å². The Morgan fingerprint density at radius 2 is 0.500 bits per heavy atom. The van der Waals surface area contributed by atoms with E-state index in [0.717, 1.165) is 123 Å². The average Bonchev–Trinajstić information content (AvgIpc) is 3.13. The molecule has 0 aliphatic heterocycles. The van der Waals surface area contributed by atoms with E-state index in [9.17, 15) is 37.8 Å². The molecule has 0 aromatic heterocycles. The van der Waals surface area contributed by atoms with Gasteiger partial charge < -0.3 is 29.8 Å². The van der Waals surface area contributed by atoms with Crippen LogP contribution in [0, 0.1) is 0 Å². The van der Waals surface area contributed by atoms with Crippen LogP contribution in [0.3, 0.4) is 0 Å². The molecule has 22 heteroatoms. The molecule has 6 N–H and O–H groups in total. The second-order valence-electron chi connectivity index (χ2n) is 12.9. The molecule has 0 saturated heterocycles. The molecule has 340 valence electrons. The van der Waals surface area contributed by atoms with E-state index in [1.54, 1.807) is 0 Å². The van der Waals surface area contributed by atoms with E-state index in [1.807, 2.05) is 0 Å². The Labute approximate surface area is 349 Å². The van der Waals surface area contributed by atoms with E-state index >= 15 is 0 Å². The monoisotopic (exact) mass is 930 g/mol. The predicted molar refractivity (Wildman–Crippen MR) is 214 cm³/mol. The zero-order chi connectivity index (χ0) is 43.5. The molecule has 0 fully saturated rings. The fraction of sp³-hybridized carbons (Fsp3) is 1.00. The van der Waals surface area contributed by atoms with Crippen molar-refractivity contribution in [2.75, 3.05) is 39.6 Å². The Morgan fingerprint density at radius 3 is 0.661 bits per heavy atom. The molecule has 0 aliphatic carbocycles. The van der Waals surface area contributed by atoms with Gasteiger partial charge in [-0.05, 0) is 25.7 Å². The molecular weight excluding hydrogens is 852 g/mol. The zero-order valence-corrected chi connectivity index (χ0v) is 39.8. The molecule has 17 nitrogen and oxygen atoms in total. The molecular formula is C34H78O17P4Ti. The Morgan fingerprint density at radius 1 is 0.339 bits per heavy atom. The number of rotatable bonds is 37. The molecule has 0 heterocycles. The van der Waals surface area contributed by atoms with Gasteiger partial charge in [0.2, 0.25) is 0 Å². The van der Waals surface area contributed by atoms with Crippen molar-refractivity contribution in [3.8, 4) is 0 Å². The van der Waals surface area contributed by atoms with Gasteiger partial charge in [0.15, 0.2) is 0 Å². The van der Waals surface area contributed by atoms with Crippen LogP contribution in [0.5, 0.6) is 0 Å². The van der Waals surface area contributed by atoms with E-state index < -0.39 is 31.3 Å². The molecule has 0 amide bonds. The standard InChI is InChI=1S/2C16H36O7P2.C2H6O2.O.Ti/c2*1-3-5-7-9-11-13-15-21-24(17,18)23-25(19,20)22-16-14-12-10-8-6-4-2;3-1-2-4;;/h2*3-16H2,1-2H3,(H,17,18)(H,19,20);3-4H,1-2H2;;. The Hall–Kier alpha value is 0.954. The fourth-order valence-electron chi connectivity index (χ4n) is 4.60. The van der Waals surface area contributed by atoms with Crippen LogP contribution in [0.2, 0.25) is 0 Å². The van der Waals surface area contributed by atoms with E-state index in [0.29, 0.717) is 25.7 Å². The van der Waals surface area contributed by atoms with Crippen LogP contribution in [0.1, 0.15) is 182 Å². The summed E-state index contributed by atoms with van der Waals surface area (Å²) >= 11 is 0.750. The first-order chi connectivity index (χ1) is 26.6. The summed E-state index contributed by atoms with van der Waals surface area (Å²) in [6.07, 6.45) is 23.9. The summed E-state index contributed by atoms with van der Waals surface area (Å²) in [5.41, 5.74) is 0. The van der Waals surface area contributed by atoms with Crippen LogP contribution >= 0.6 is 31.3 Å². The van der Waals surface area contributed by atoms with E-state index in [4.69, 9.17) is 31.6 Å². The van der Waals surface area contributed by atoms with Gasteiger partial charge in [-0.15, -0.1) is 0 Å². The van der Waals surface area contributed by atoms with Crippen LogP contribution in [0.25, 0.3) is 0 Å². The van der Waals surface area contributed by atoms with Gasteiger partial charge in [-0.2, -0.15) is 8.62 Å². The summed E-state index contributed by atoms with van der Waals surface area (Å²) in [5.74, 6) is 0. The fourth-order valence-corrected chi connectivity index (χ4v) is 8.88. The molecule has 4 atom stereocenters. The summed E-state index contributed by atoms with van der Waals surface area (Å²) in [7, 11) is -18.3. The first kappa shape index (κ1) is 63.6. The number of unbranched alkanes of at least 4 members (excludes halogenated alkanes) is 20. The van der Waals surface area contributed by atoms with Crippen LogP contribution in [-0.4, -0.2) is 69.4 Å². The molecule has 4 unspecified atom stereocenters. The third kappa shape index (κ3) is 55.0. The maximum atomic E-state index is 11.7. The zero-order valence-electron chi connectivity index (χ0n) is 34.7. The van der Waals surface area contributed by atoms with Crippen molar-refractivity contribution in [2.24, 2.45) is 0 Å². The van der Waals surface area contributed by atoms with E-state index in [-0.39, 0.29) is 39.6 Å². The minimum atomic E-state index is -4.58. The van der Waals surface area contributed by atoms with Crippen LogP contribution in [0.4, 0.5) is 0 Å². The van der Waals surface area contributed by atoms with Gasteiger partial charge >= 0.3 is 55.0 Å². The molecule has 0 bridgehead atoms. The van der Waals surface area contributed by atoms with Crippen molar-refractivity contribution >= 4 is 31.3 Å². The van der Waals surface area contributed by atoms with E-state index in [1.165, 1.54) is 25.7 Å². The van der Waals surface area contributed by atoms with Crippen molar-refractivity contribution in [3.63, 3.8) is 0 Å². The van der Waals surface area contributed by atoms with Crippen molar-refractivity contribution < 1.29 is 98.5 Å². The van der Waals surface area contributed by atoms with Gasteiger partial charge in [0.05, 0.1) is 39.6 Å². The minimum absolute atomic E-state index is 0.0112. The number of aliphatic hydroxyl groups is 2. The van der Waals surface area contributed by atoms with Crippen LogP contribution < -0.4 is 0 Å². The Balaban J connectivity index is -0.000000422. The number of phosphoric ester groups is 4. The summed E-state index contributed by atoms with van der Waals surface area (Å²) in [4.78, 5) is 38.0. The quantitative estimate of drug-likeness (QED) is 0.0192. The number of hydrogen-bond acceptors (Lipinski definition) is 13. The van der Waals surface area contributed by atoms with Crippen LogP contribution in [0.15, 0.2) is 0 Å². The molecule has 0 aromatic carbocycles. The second kappa shape index (κ2) is 45.5. The van der Waals surface area contributed by atoms with E-state index in [2.05, 4.69) is 36.3 Å². The Bertz CT molecular complexity index is 868. The number of aliphatic hydroxyl groups excluding tert-OH is 2.